The second-order valence-corrected chi connectivity index (χ2v) is 5.09. The molecule has 1 aromatic carbocycles. The minimum absolute atomic E-state index is 0.294. The summed E-state index contributed by atoms with van der Waals surface area (Å²) in [4.78, 5) is 0. The molecule has 3 nitrogen and oxygen atoms in total. The van der Waals surface area contributed by atoms with Crippen molar-refractivity contribution >= 4 is 0 Å². The van der Waals surface area contributed by atoms with Crippen LogP contribution in [0.15, 0.2) is 35.9 Å². The Labute approximate surface area is 113 Å². The first kappa shape index (κ1) is 14.2. The molecule has 0 radical (unpaired) electrons. The summed E-state index contributed by atoms with van der Waals surface area (Å²) in [6, 6.07) is 5.95. The van der Waals surface area contributed by atoms with E-state index in [-0.39, 0.29) is 5.82 Å². The second-order valence-electron chi connectivity index (χ2n) is 5.09. The Bertz CT molecular complexity index is 440. The molecule has 0 aromatic heterocycles. The topological polar surface area (TPSA) is 41.5 Å². The maximum Gasteiger partial charge on any atom is 0.123 e. The second kappa shape index (κ2) is 6.28. The zero-order valence-electron chi connectivity index (χ0n) is 11.2. The summed E-state index contributed by atoms with van der Waals surface area (Å²) in [7, 11) is 0. The van der Waals surface area contributed by atoms with E-state index in [4.69, 9.17) is 4.74 Å². The molecule has 0 saturated carbocycles. The summed E-state index contributed by atoms with van der Waals surface area (Å²) >= 11 is 0. The van der Waals surface area contributed by atoms with Gasteiger partial charge in [-0.05, 0) is 36.6 Å². The average molecular weight is 265 g/mol. The highest BCUT2D eigenvalue weighted by molar-refractivity contribution is 5.22. The van der Waals surface area contributed by atoms with Crippen LogP contribution in [0, 0.1) is 5.82 Å². The molecule has 0 fully saturated rings. The van der Waals surface area contributed by atoms with Gasteiger partial charge in [-0.15, -0.1) is 0 Å². The van der Waals surface area contributed by atoms with Crippen LogP contribution in [0.4, 0.5) is 4.39 Å². The van der Waals surface area contributed by atoms with Gasteiger partial charge in [0.05, 0.1) is 18.8 Å². The third-order valence-electron chi connectivity index (χ3n) is 3.27. The Morgan fingerprint density at radius 2 is 2.11 bits per heavy atom. The molecule has 19 heavy (non-hydrogen) atoms. The monoisotopic (exact) mass is 265 g/mol. The summed E-state index contributed by atoms with van der Waals surface area (Å²) in [5.74, 6) is -0.294. The number of nitrogens with one attached hydrogen (secondary N) is 1. The van der Waals surface area contributed by atoms with E-state index in [2.05, 4.69) is 11.4 Å². The van der Waals surface area contributed by atoms with Crippen LogP contribution in [0.3, 0.4) is 0 Å². The van der Waals surface area contributed by atoms with Crippen molar-refractivity contribution in [1.82, 2.24) is 5.32 Å². The third kappa shape index (κ3) is 4.13. The lowest BCUT2D eigenvalue weighted by Gasteiger charge is -2.25. The summed E-state index contributed by atoms with van der Waals surface area (Å²) in [5.41, 5.74) is 0.903. The zero-order chi connectivity index (χ0) is 13.7. The lowest BCUT2D eigenvalue weighted by Crippen LogP contribution is -2.36. The largest absolute Gasteiger partial charge is 0.384 e. The molecule has 0 amide bonds. The number of benzene rings is 1. The van der Waals surface area contributed by atoms with Gasteiger partial charge in [-0.1, -0.05) is 18.2 Å². The molecule has 0 spiro atoms. The van der Waals surface area contributed by atoms with Crippen molar-refractivity contribution in [2.45, 2.75) is 18.9 Å². The van der Waals surface area contributed by atoms with Gasteiger partial charge in [-0.2, -0.15) is 0 Å². The van der Waals surface area contributed by atoms with Crippen molar-refractivity contribution in [3.8, 4) is 0 Å². The van der Waals surface area contributed by atoms with E-state index < -0.39 is 5.60 Å². The smallest absolute Gasteiger partial charge is 0.123 e. The van der Waals surface area contributed by atoms with Crippen LogP contribution < -0.4 is 5.32 Å². The van der Waals surface area contributed by atoms with Gasteiger partial charge in [0.1, 0.15) is 5.82 Å². The first-order valence-electron chi connectivity index (χ1n) is 6.53. The van der Waals surface area contributed by atoms with Crippen LogP contribution in [0.2, 0.25) is 0 Å². The van der Waals surface area contributed by atoms with E-state index in [0.717, 1.165) is 13.0 Å². The van der Waals surface area contributed by atoms with Crippen molar-refractivity contribution < 1.29 is 14.2 Å². The molecule has 1 atom stereocenters. The standard InChI is InChI=1S/C15H20FNO2/c1-15(18,13-4-6-14(16)7-5-13)11-17-9-12-3-2-8-19-10-12/h3-7,17-18H,2,8-11H2,1H3. The normalized spacial score (nSPS) is 18.8. The molecule has 0 aliphatic carbocycles. The molecule has 104 valence electrons. The van der Waals surface area contributed by atoms with E-state index in [1.807, 2.05) is 0 Å². The number of ether oxygens (including phenoxy) is 1. The van der Waals surface area contributed by atoms with Gasteiger partial charge in [0, 0.05) is 13.1 Å². The number of rotatable bonds is 5. The first-order chi connectivity index (χ1) is 9.08. The van der Waals surface area contributed by atoms with Crippen molar-refractivity contribution in [2.24, 2.45) is 0 Å². The van der Waals surface area contributed by atoms with Crippen molar-refractivity contribution in [2.75, 3.05) is 26.3 Å². The van der Waals surface area contributed by atoms with Crippen LogP contribution in [0.1, 0.15) is 18.9 Å². The van der Waals surface area contributed by atoms with Gasteiger partial charge in [0.2, 0.25) is 0 Å². The van der Waals surface area contributed by atoms with Crippen LogP contribution in [0.25, 0.3) is 0 Å². The Morgan fingerprint density at radius 1 is 1.37 bits per heavy atom. The molecule has 1 aromatic rings. The summed E-state index contributed by atoms with van der Waals surface area (Å²) in [6.07, 6.45) is 3.12. The van der Waals surface area contributed by atoms with Gasteiger partial charge in [-0.25, -0.2) is 4.39 Å². The fourth-order valence-electron chi connectivity index (χ4n) is 2.11. The van der Waals surface area contributed by atoms with E-state index in [9.17, 15) is 9.50 Å². The Kier molecular flexibility index (Phi) is 4.69. The van der Waals surface area contributed by atoms with Gasteiger partial charge in [-0.3, -0.25) is 0 Å². The SMILES string of the molecule is CC(O)(CNCC1=CCCOC1)c1ccc(F)cc1. The predicted molar refractivity (Wildman–Crippen MR) is 72.4 cm³/mol. The summed E-state index contributed by atoms with van der Waals surface area (Å²) in [6.45, 7) is 4.29. The Balaban J connectivity index is 1.86. The maximum atomic E-state index is 12.9. The molecule has 4 heteroatoms. The molecular weight excluding hydrogens is 245 g/mol. The minimum Gasteiger partial charge on any atom is -0.384 e. The van der Waals surface area contributed by atoms with E-state index in [1.54, 1.807) is 19.1 Å². The molecule has 1 aliphatic heterocycles. The third-order valence-corrected chi connectivity index (χ3v) is 3.27. The van der Waals surface area contributed by atoms with Crippen LogP contribution in [-0.4, -0.2) is 31.4 Å². The highest BCUT2D eigenvalue weighted by Gasteiger charge is 2.22. The molecule has 1 aliphatic rings. The van der Waals surface area contributed by atoms with Crippen molar-refractivity contribution in [3.05, 3.63) is 47.3 Å². The fraction of sp³-hybridized carbons (Fsp3) is 0.467. The summed E-state index contributed by atoms with van der Waals surface area (Å²) < 4.78 is 18.2. The molecule has 1 unspecified atom stereocenters. The van der Waals surface area contributed by atoms with Crippen molar-refractivity contribution in [3.63, 3.8) is 0 Å². The molecule has 2 N–H and O–H groups in total. The lowest BCUT2D eigenvalue weighted by molar-refractivity contribution is 0.0572. The fourth-order valence-corrected chi connectivity index (χ4v) is 2.11. The molecule has 0 saturated heterocycles. The highest BCUT2D eigenvalue weighted by atomic mass is 19.1. The van der Waals surface area contributed by atoms with Crippen LogP contribution >= 0.6 is 0 Å². The van der Waals surface area contributed by atoms with Crippen LogP contribution in [-0.2, 0) is 10.3 Å². The molecule has 0 bridgehead atoms. The molecule has 2 rings (SSSR count). The summed E-state index contributed by atoms with van der Waals surface area (Å²) in [5, 5.41) is 13.6. The molecular formula is C15H20FNO2. The quantitative estimate of drug-likeness (QED) is 0.800. The Morgan fingerprint density at radius 3 is 2.74 bits per heavy atom. The minimum atomic E-state index is -1.01. The van der Waals surface area contributed by atoms with Gasteiger partial charge < -0.3 is 15.2 Å². The van der Waals surface area contributed by atoms with Gasteiger partial charge >= 0.3 is 0 Å². The molecule has 1 heterocycles. The Hall–Kier alpha value is -1.23. The van der Waals surface area contributed by atoms with E-state index in [0.29, 0.717) is 25.3 Å². The van der Waals surface area contributed by atoms with E-state index >= 15 is 0 Å². The van der Waals surface area contributed by atoms with Crippen molar-refractivity contribution in [1.29, 1.82) is 0 Å². The van der Waals surface area contributed by atoms with Crippen LogP contribution in [0.5, 0.6) is 0 Å². The first-order valence-corrected chi connectivity index (χ1v) is 6.53. The lowest BCUT2D eigenvalue weighted by atomic mass is 9.96. The highest BCUT2D eigenvalue weighted by Crippen LogP contribution is 2.20. The van der Waals surface area contributed by atoms with Gasteiger partial charge in [0.25, 0.3) is 0 Å². The maximum absolute atomic E-state index is 12.9. The number of halogens is 1. The van der Waals surface area contributed by atoms with E-state index in [1.165, 1.54) is 17.7 Å². The number of aliphatic hydroxyl groups is 1. The van der Waals surface area contributed by atoms with Gasteiger partial charge in [0.15, 0.2) is 0 Å². The number of hydrogen-bond donors (Lipinski definition) is 2. The number of hydrogen-bond acceptors (Lipinski definition) is 3. The zero-order valence-corrected chi connectivity index (χ0v) is 11.2. The average Bonchev–Trinajstić information content (AvgIpc) is 2.40. The predicted octanol–water partition coefficient (Wildman–Crippen LogP) is 1.97.